The number of esters is 1. The molecule has 86 valence electrons. The van der Waals surface area contributed by atoms with Gasteiger partial charge in [0.25, 0.3) is 0 Å². The second kappa shape index (κ2) is 3.80. The maximum atomic E-state index is 12.5. The Kier molecular flexibility index (Phi) is 3.03. The van der Waals surface area contributed by atoms with Crippen molar-refractivity contribution in [1.29, 1.82) is 0 Å². The number of methoxy groups -OCH3 is 1. The Morgan fingerprint density at radius 3 is 2.60 bits per heavy atom. The maximum absolute atomic E-state index is 12.5. The number of amides is 1. The molecule has 1 aliphatic heterocycles. The van der Waals surface area contributed by atoms with E-state index in [0.717, 1.165) is 7.11 Å². The summed E-state index contributed by atoms with van der Waals surface area (Å²) in [4.78, 5) is 21.3. The Hall–Kier alpha value is -1.12. The van der Waals surface area contributed by atoms with Gasteiger partial charge >= 0.3 is 23.3 Å². The molecule has 9 heteroatoms. The minimum atomic E-state index is -4.90. The van der Waals surface area contributed by atoms with E-state index in [9.17, 15) is 22.8 Å². The van der Waals surface area contributed by atoms with Gasteiger partial charge in [0.2, 0.25) is 0 Å². The first kappa shape index (κ1) is 12.0. The lowest BCUT2D eigenvalue weighted by molar-refractivity contribution is -0.236. The van der Waals surface area contributed by atoms with Crippen LogP contribution in [0.25, 0.3) is 0 Å². The number of nitrogens with one attached hydrogen (secondary N) is 1. The number of alkyl carbamates (subject to hydrolysis) is 1. The molecule has 15 heavy (non-hydrogen) atoms. The third kappa shape index (κ3) is 2.28. The largest absolute Gasteiger partial charge is 0.460 e. The zero-order chi connectivity index (χ0) is 11.7. The zero-order valence-corrected chi connectivity index (χ0v) is 8.20. The van der Waals surface area contributed by atoms with Crippen LogP contribution in [0, 0.1) is 0 Å². The van der Waals surface area contributed by atoms with Crippen LogP contribution in [-0.4, -0.2) is 36.2 Å². The van der Waals surface area contributed by atoms with Crippen molar-refractivity contribution >= 4 is 23.8 Å². The third-order valence-electron chi connectivity index (χ3n) is 1.48. The van der Waals surface area contributed by atoms with Gasteiger partial charge < -0.3 is 9.47 Å². The Labute approximate surface area is 86.3 Å². The first-order valence-electron chi connectivity index (χ1n) is 3.59. The highest BCUT2D eigenvalue weighted by atomic mass is 32.2. The number of carbonyl (C=O) groups excluding carboxylic acids is 2. The van der Waals surface area contributed by atoms with Gasteiger partial charge in [-0.2, -0.15) is 13.2 Å². The summed E-state index contributed by atoms with van der Waals surface area (Å²) in [5, 5.41) is -1.58. The fraction of sp³-hybridized carbons (Fsp3) is 0.667. The molecule has 1 amide bonds. The normalized spacial score (nSPS) is 26.0. The summed E-state index contributed by atoms with van der Waals surface area (Å²) in [5.41, 5.74) is 0. The van der Waals surface area contributed by atoms with Gasteiger partial charge in [-0.15, -0.1) is 0 Å². The average molecular weight is 245 g/mol. The van der Waals surface area contributed by atoms with Gasteiger partial charge in [0.15, 0.2) is 0 Å². The number of thioether (sulfide) groups is 1. The van der Waals surface area contributed by atoms with Gasteiger partial charge in [0.05, 0.1) is 12.9 Å². The quantitative estimate of drug-likeness (QED) is 0.694. The van der Waals surface area contributed by atoms with Gasteiger partial charge in [-0.1, -0.05) is 11.8 Å². The van der Waals surface area contributed by atoms with Crippen LogP contribution in [0.1, 0.15) is 0 Å². The Balaban J connectivity index is 2.88. The highest BCUT2D eigenvalue weighted by Gasteiger charge is 2.64. The lowest BCUT2D eigenvalue weighted by Gasteiger charge is -2.28. The fourth-order valence-corrected chi connectivity index (χ4v) is 1.69. The second-order valence-electron chi connectivity index (χ2n) is 2.49. The number of halogens is 3. The Morgan fingerprint density at radius 2 is 2.27 bits per heavy atom. The minimum absolute atomic E-state index is 0.140. The van der Waals surface area contributed by atoms with Crippen molar-refractivity contribution in [2.75, 3.05) is 12.9 Å². The molecule has 1 rings (SSSR count). The average Bonchev–Trinajstić information content (AvgIpc) is 2.47. The molecule has 0 radical (unpaired) electrons. The molecular formula is C6H6F3NO4S. The fourth-order valence-electron chi connectivity index (χ4n) is 0.837. The summed E-state index contributed by atoms with van der Waals surface area (Å²) in [7, 11) is 0.904. The lowest BCUT2D eigenvalue weighted by atomic mass is 10.5. The minimum Gasteiger partial charge on any atom is -0.453 e. The number of carbonyl (C=O) groups is 2. The zero-order valence-electron chi connectivity index (χ0n) is 7.38. The van der Waals surface area contributed by atoms with E-state index in [1.165, 1.54) is 5.32 Å². The number of cyclic esters (lactones) is 1. The summed E-state index contributed by atoms with van der Waals surface area (Å²) in [6, 6.07) is 0. The Morgan fingerprint density at radius 1 is 1.67 bits per heavy atom. The van der Waals surface area contributed by atoms with Crippen molar-refractivity contribution < 1.29 is 32.2 Å². The molecule has 0 saturated carbocycles. The summed E-state index contributed by atoms with van der Waals surface area (Å²) < 4.78 is 45.6. The van der Waals surface area contributed by atoms with E-state index in [0.29, 0.717) is 0 Å². The standard InChI is InChI=1S/C6H6F3NO4S/c1-13-4(12)10-6(5(7,8)9)14-3(11)2-15-6/h2H2,1H3,(H,10,12). The highest BCUT2D eigenvalue weighted by Crippen LogP contribution is 2.44. The van der Waals surface area contributed by atoms with E-state index in [4.69, 9.17) is 0 Å². The van der Waals surface area contributed by atoms with Crippen LogP contribution in [0.3, 0.4) is 0 Å². The predicted octanol–water partition coefficient (Wildman–Crippen LogP) is 0.849. The number of ether oxygens (including phenoxy) is 2. The van der Waals surface area contributed by atoms with E-state index < -0.39 is 29.0 Å². The molecular weight excluding hydrogens is 239 g/mol. The van der Waals surface area contributed by atoms with Crippen LogP contribution in [0.2, 0.25) is 0 Å². The molecule has 1 aliphatic rings. The number of hydrogen-bond donors (Lipinski definition) is 1. The highest BCUT2D eigenvalue weighted by molar-refractivity contribution is 8.01. The molecule has 1 heterocycles. The molecule has 0 aliphatic carbocycles. The number of alkyl halides is 3. The van der Waals surface area contributed by atoms with E-state index in [1.807, 2.05) is 0 Å². The van der Waals surface area contributed by atoms with Crippen molar-refractivity contribution in [3.05, 3.63) is 0 Å². The van der Waals surface area contributed by atoms with Gasteiger partial charge in [-0.05, 0) is 0 Å². The van der Waals surface area contributed by atoms with Gasteiger partial charge in [-0.3, -0.25) is 10.1 Å². The van der Waals surface area contributed by atoms with Crippen LogP contribution < -0.4 is 5.32 Å². The van der Waals surface area contributed by atoms with E-state index in [1.54, 1.807) is 0 Å². The second-order valence-corrected chi connectivity index (χ2v) is 3.65. The molecule has 1 unspecified atom stereocenters. The molecule has 1 atom stereocenters. The van der Waals surface area contributed by atoms with Gasteiger partial charge in [0.1, 0.15) is 0 Å². The first-order valence-corrected chi connectivity index (χ1v) is 4.58. The smallest absolute Gasteiger partial charge is 0.453 e. The summed E-state index contributed by atoms with van der Waals surface area (Å²) in [5.74, 6) is -1.53. The van der Waals surface area contributed by atoms with Crippen molar-refractivity contribution in [3.8, 4) is 0 Å². The molecule has 1 fully saturated rings. The van der Waals surface area contributed by atoms with Crippen molar-refractivity contribution in [2.45, 2.75) is 11.2 Å². The van der Waals surface area contributed by atoms with Crippen LogP contribution in [-0.2, 0) is 14.3 Å². The van der Waals surface area contributed by atoms with E-state index in [-0.39, 0.29) is 11.8 Å². The first-order chi connectivity index (χ1) is 6.81. The molecule has 5 nitrogen and oxygen atoms in total. The molecule has 1 saturated heterocycles. The number of hydrogen-bond acceptors (Lipinski definition) is 5. The van der Waals surface area contributed by atoms with E-state index in [2.05, 4.69) is 9.47 Å². The SMILES string of the molecule is COC(=O)NC1(C(F)(F)F)OC(=O)CS1. The molecule has 0 aromatic rings. The van der Waals surface area contributed by atoms with Crippen LogP contribution in [0.15, 0.2) is 0 Å². The van der Waals surface area contributed by atoms with Gasteiger partial charge in [0, 0.05) is 0 Å². The number of rotatable bonds is 1. The van der Waals surface area contributed by atoms with Crippen LogP contribution in [0.4, 0.5) is 18.0 Å². The van der Waals surface area contributed by atoms with Crippen LogP contribution in [0.5, 0.6) is 0 Å². The monoisotopic (exact) mass is 245 g/mol. The van der Waals surface area contributed by atoms with Crippen molar-refractivity contribution in [1.82, 2.24) is 5.32 Å². The van der Waals surface area contributed by atoms with Crippen molar-refractivity contribution in [3.63, 3.8) is 0 Å². The summed E-state index contributed by atoms with van der Waals surface area (Å²) >= 11 is 0.140. The summed E-state index contributed by atoms with van der Waals surface area (Å²) in [6.07, 6.45) is -6.23. The molecule has 0 spiro atoms. The molecule has 1 N–H and O–H groups in total. The molecule has 0 bridgehead atoms. The van der Waals surface area contributed by atoms with Gasteiger partial charge in [-0.25, -0.2) is 4.79 Å². The lowest BCUT2D eigenvalue weighted by Crippen LogP contribution is -2.56. The summed E-state index contributed by atoms with van der Waals surface area (Å²) in [6.45, 7) is 0. The Bertz CT molecular complexity index is 295. The van der Waals surface area contributed by atoms with Crippen LogP contribution >= 0.6 is 11.8 Å². The predicted molar refractivity (Wildman–Crippen MR) is 42.9 cm³/mol. The third-order valence-corrected chi connectivity index (χ3v) is 2.68. The van der Waals surface area contributed by atoms with Crippen molar-refractivity contribution in [2.24, 2.45) is 0 Å². The van der Waals surface area contributed by atoms with E-state index >= 15 is 0 Å². The maximum Gasteiger partial charge on any atom is 0.460 e. The molecule has 0 aromatic heterocycles. The molecule has 0 aromatic carbocycles. The topological polar surface area (TPSA) is 64.6 Å².